The van der Waals surface area contributed by atoms with E-state index in [0.29, 0.717) is 22.3 Å². The molecule has 2 aromatic carbocycles. The lowest BCUT2D eigenvalue weighted by Gasteiger charge is -2.14. The molecule has 1 aromatic heterocycles. The van der Waals surface area contributed by atoms with Crippen LogP contribution < -0.4 is 16.0 Å². The number of ether oxygens (including phenoxy) is 1. The number of hydrogen-bond acceptors (Lipinski definition) is 7. The minimum absolute atomic E-state index is 0.0493. The van der Waals surface area contributed by atoms with Gasteiger partial charge in [-0.3, -0.25) is 19.7 Å². The van der Waals surface area contributed by atoms with Gasteiger partial charge in [0, 0.05) is 22.0 Å². The summed E-state index contributed by atoms with van der Waals surface area (Å²) in [4.78, 5) is 39.4. The maximum atomic E-state index is 13.1. The van der Waals surface area contributed by atoms with Crippen molar-refractivity contribution in [3.05, 3.63) is 72.7 Å². The van der Waals surface area contributed by atoms with Gasteiger partial charge in [0.1, 0.15) is 5.82 Å². The molecule has 0 fully saturated rings. The van der Waals surface area contributed by atoms with Gasteiger partial charge in [-0.05, 0) is 36.8 Å². The number of rotatable bonds is 8. The van der Waals surface area contributed by atoms with Crippen molar-refractivity contribution in [3.8, 4) is 5.75 Å². The van der Waals surface area contributed by atoms with Gasteiger partial charge in [0.05, 0.1) is 22.0 Å². The topological polar surface area (TPSA) is 143 Å². The Morgan fingerprint density at radius 1 is 1.38 bits per heavy atom. The number of nitrogens with two attached hydrogens (primary N) is 1. The number of fused-ring (bicyclic) bond motifs is 1. The predicted molar refractivity (Wildman–Crippen MR) is 123 cm³/mol. The summed E-state index contributed by atoms with van der Waals surface area (Å²) in [6.45, 7) is 3.43. The molecule has 32 heavy (non-hydrogen) atoms. The molecule has 166 valence electrons. The van der Waals surface area contributed by atoms with Gasteiger partial charge in [0.2, 0.25) is 0 Å². The fourth-order valence-corrected chi connectivity index (χ4v) is 3.29. The van der Waals surface area contributed by atoms with Crippen LogP contribution in [-0.2, 0) is 4.79 Å². The first-order chi connectivity index (χ1) is 15.2. The number of primary amides is 1. The second-order valence-electron chi connectivity index (χ2n) is 7.04. The van der Waals surface area contributed by atoms with Crippen molar-refractivity contribution in [2.45, 2.75) is 26.2 Å². The van der Waals surface area contributed by atoms with Crippen LogP contribution in [0.5, 0.6) is 5.75 Å². The monoisotopic (exact) mass is 501 g/mol. The fourth-order valence-electron chi connectivity index (χ4n) is 2.93. The molecule has 0 bridgehead atoms. The van der Waals surface area contributed by atoms with E-state index in [0.717, 1.165) is 10.9 Å². The van der Waals surface area contributed by atoms with Gasteiger partial charge in [-0.2, -0.15) is 9.78 Å². The minimum Gasteiger partial charge on any atom is -0.477 e. The van der Waals surface area contributed by atoms with E-state index in [1.165, 1.54) is 29.1 Å². The molecule has 0 unspecified atom stereocenters. The average Bonchev–Trinajstić information content (AvgIpc) is 2.76. The molecule has 0 aliphatic heterocycles. The summed E-state index contributed by atoms with van der Waals surface area (Å²) in [7, 11) is 0. The Labute approximate surface area is 191 Å². The molecule has 1 atom stereocenters. The summed E-state index contributed by atoms with van der Waals surface area (Å²) in [6, 6.07) is 9.34. The SMILES string of the molecule is CC[C@H](C)c1nc2ccc(Br)cc2c(=O)n1N=Cc1ccc(OCC(N)=O)c([N+](=O)[O-])c1. The summed E-state index contributed by atoms with van der Waals surface area (Å²) >= 11 is 3.36. The number of amides is 1. The van der Waals surface area contributed by atoms with E-state index in [1.807, 2.05) is 19.9 Å². The molecule has 10 nitrogen and oxygen atoms in total. The molecule has 0 aliphatic carbocycles. The molecule has 0 saturated carbocycles. The van der Waals surface area contributed by atoms with Gasteiger partial charge in [0.25, 0.3) is 11.5 Å². The first-order valence-corrected chi connectivity index (χ1v) is 10.5. The van der Waals surface area contributed by atoms with Gasteiger partial charge in [-0.1, -0.05) is 29.8 Å². The van der Waals surface area contributed by atoms with Crippen molar-refractivity contribution < 1.29 is 14.5 Å². The third-order valence-electron chi connectivity index (χ3n) is 4.76. The minimum atomic E-state index is -0.752. The fraction of sp³-hybridized carbons (Fsp3) is 0.238. The predicted octanol–water partition coefficient (Wildman–Crippen LogP) is 3.33. The van der Waals surface area contributed by atoms with Crippen molar-refractivity contribution in [2.24, 2.45) is 10.8 Å². The molecule has 1 amide bonds. The molecular formula is C21H20BrN5O5. The number of halogens is 1. The second-order valence-corrected chi connectivity index (χ2v) is 7.96. The van der Waals surface area contributed by atoms with Crippen LogP contribution in [0, 0.1) is 10.1 Å². The van der Waals surface area contributed by atoms with E-state index in [9.17, 15) is 19.7 Å². The summed E-state index contributed by atoms with van der Waals surface area (Å²) in [5.41, 5.74) is 5.24. The zero-order valence-corrected chi connectivity index (χ0v) is 18.9. The standard InChI is InChI=1S/C21H20BrN5O5/c1-3-12(2)20-25-16-6-5-14(22)9-15(16)21(29)26(20)24-10-13-4-7-18(32-11-19(23)28)17(8-13)27(30)31/h4-10,12H,3,11H2,1-2H3,(H2,23,28)/t12-/m0/s1. The van der Waals surface area contributed by atoms with E-state index in [-0.39, 0.29) is 22.9 Å². The molecule has 0 radical (unpaired) electrons. The van der Waals surface area contributed by atoms with E-state index in [2.05, 4.69) is 26.0 Å². The van der Waals surface area contributed by atoms with Gasteiger partial charge in [-0.25, -0.2) is 4.98 Å². The van der Waals surface area contributed by atoms with Crippen molar-refractivity contribution in [3.63, 3.8) is 0 Å². The van der Waals surface area contributed by atoms with Crippen molar-refractivity contribution in [1.82, 2.24) is 9.66 Å². The Hall–Kier alpha value is -3.60. The second kappa shape index (κ2) is 9.69. The number of nitro groups is 1. The normalized spacial score (nSPS) is 12.2. The van der Waals surface area contributed by atoms with Crippen LogP contribution in [0.3, 0.4) is 0 Å². The number of carbonyl (C=O) groups is 1. The molecule has 1 heterocycles. The zero-order valence-electron chi connectivity index (χ0n) is 17.3. The Kier molecular flexibility index (Phi) is 6.98. The van der Waals surface area contributed by atoms with Crippen LogP contribution in [0.2, 0.25) is 0 Å². The Bertz CT molecular complexity index is 1290. The quantitative estimate of drug-likeness (QED) is 0.284. The lowest BCUT2D eigenvalue weighted by molar-refractivity contribution is -0.385. The molecule has 0 aliphatic rings. The van der Waals surface area contributed by atoms with Gasteiger partial charge < -0.3 is 10.5 Å². The summed E-state index contributed by atoms with van der Waals surface area (Å²) < 4.78 is 7.04. The number of benzene rings is 2. The molecule has 3 rings (SSSR count). The average molecular weight is 502 g/mol. The van der Waals surface area contributed by atoms with E-state index >= 15 is 0 Å². The lowest BCUT2D eigenvalue weighted by Crippen LogP contribution is -2.23. The maximum Gasteiger partial charge on any atom is 0.311 e. The highest BCUT2D eigenvalue weighted by Crippen LogP contribution is 2.27. The van der Waals surface area contributed by atoms with Crippen LogP contribution in [-0.4, -0.2) is 33.3 Å². The lowest BCUT2D eigenvalue weighted by atomic mass is 10.1. The van der Waals surface area contributed by atoms with E-state index in [1.54, 1.807) is 12.1 Å². The van der Waals surface area contributed by atoms with Crippen molar-refractivity contribution in [2.75, 3.05) is 6.61 Å². The van der Waals surface area contributed by atoms with Gasteiger partial charge in [-0.15, -0.1) is 0 Å². The summed E-state index contributed by atoms with van der Waals surface area (Å²) in [5, 5.41) is 16.1. The molecule has 0 saturated heterocycles. The maximum absolute atomic E-state index is 13.1. The number of nitro benzene ring substituents is 1. The highest BCUT2D eigenvalue weighted by molar-refractivity contribution is 9.10. The van der Waals surface area contributed by atoms with Crippen LogP contribution >= 0.6 is 15.9 Å². The largest absolute Gasteiger partial charge is 0.477 e. The van der Waals surface area contributed by atoms with Gasteiger partial charge >= 0.3 is 5.69 Å². The smallest absolute Gasteiger partial charge is 0.311 e. The van der Waals surface area contributed by atoms with Crippen LogP contribution in [0.15, 0.2) is 50.8 Å². The van der Waals surface area contributed by atoms with Crippen LogP contribution in [0.25, 0.3) is 10.9 Å². The molecule has 3 aromatic rings. The van der Waals surface area contributed by atoms with Crippen LogP contribution in [0.4, 0.5) is 5.69 Å². The number of aromatic nitrogens is 2. The van der Waals surface area contributed by atoms with Gasteiger partial charge in [0.15, 0.2) is 12.4 Å². The Morgan fingerprint density at radius 2 is 2.12 bits per heavy atom. The summed E-state index contributed by atoms with van der Waals surface area (Å²) in [5.74, 6) is -0.413. The molecular weight excluding hydrogens is 482 g/mol. The third-order valence-corrected chi connectivity index (χ3v) is 5.25. The number of hydrogen-bond donors (Lipinski definition) is 1. The molecule has 0 spiro atoms. The Balaban J connectivity index is 2.08. The third kappa shape index (κ3) is 4.99. The zero-order chi connectivity index (χ0) is 23.4. The highest BCUT2D eigenvalue weighted by Gasteiger charge is 2.18. The summed E-state index contributed by atoms with van der Waals surface area (Å²) in [6.07, 6.45) is 2.07. The Morgan fingerprint density at radius 3 is 2.78 bits per heavy atom. The van der Waals surface area contributed by atoms with E-state index in [4.69, 9.17) is 10.5 Å². The number of carbonyl (C=O) groups excluding carboxylic acids is 1. The first kappa shape index (κ1) is 23.1. The molecule has 2 N–H and O–H groups in total. The molecule has 11 heteroatoms. The first-order valence-electron chi connectivity index (χ1n) is 9.67. The van der Waals surface area contributed by atoms with E-state index < -0.39 is 17.4 Å². The van der Waals surface area contributed by atoms with Crippen molar-refractivity contribution in [1.29, 1.82) is 0 Å². The highest BCUT2D eigenvalue weighted by atomic mass is 79.9. The number of nitrogens with zero attached hydrogens (tertiary/aromatic N) is 4. The van der Waals surface area contributed by atoms with Crippen LogP contribution in [0.1, 0.15) is 37.6 Å². The van der Waals surface area contributed by atoms with Crippen molar-refractivity contribution >= 4 is 44.6 Å².